The van der Waals surface area contributed by atoms with Crippen LogP contribution in [0.1, 0.15) is 42.2 Å². The Bertz CT molecular complexity index is 897. The molecule has 0 bridgehead atoms. The first-order valence-electron chi connectivity index (χ1n) is 10.1. The summed E-state index contributed by atoms with van der Waals surface area (Å²) in [6.07, 6.45) is 0.830. The minimum Gasteiger partial charge on any atom is -0.490 e. The second-order valence-electron chi connectivity index (χ2n) is 7.42. The highest BCUT2D eigenvalue weighted by Crippen LogP contribution is 2.34. The molecule has 0 unspecified atom stereocenters. The number of hydrogen-bond donors (Lipinski definition) is 2. The Morgan fingerprint density at radius 3 is 2.53 bits per heavy atom. The van der Waals surface area contributed by atoms with E-state index in [1.165, 1.54) is 0 Å². The van der Waals surface area contributed by atoms with Crippen molar-refractivity contribution in [1.82, 2.24) is 5.32 Å². The standard InChI is InChI=1S/C23H28N2O5/c1-15(2)22(16-9-10-19-20(13-16)29-12-6-11-28-19)25-21(26)14-30-23(27)17-7-4-5-8-18(17)24-3/h4-5,7-10,13,15,22,24H,6,11-12,14H2,1-3H3,(H,25,26)/t22-/m0/s1. The van der Waals surface area contributed by atoms with Crippen LogP contribution in [0.3, 0.4) is 0 Å². The molecule has 0 saturated heterocycles. The van der Waals surface area contributed by atoms with Gasteiger partial charge in [0.1, 0.15) is 0 Å². The minimum atomic E-state index is -0.549. The number of carbonyl (C=O) groups is 2. The molecular formula is C23H28N2O5. The summed E-state index contributed by atoms with van der Waals surface area (Å²) < 4.78 is 16.7. The molecule has 0 radical (unpaired) electrons. The van der Waals surface area contributed by atoms with Crippen LogP contribution < -0.4 is 20.1 Å². The lowest BCUT2D eigenvalue weighted by atomic mass is 9.95. The molecule has 2 aromatic rings. The maximum Gasteiger partial charge on any atom is 0.340 e. The molecule has 3 rings (SSSR count). The summed E-state index contributed by atoms with van der Waals surface area (Å²) in [5.74, 6) is 0.601. The largest absolute Gasteiger partial charge is 0.490 e. The normalized spacial score (nSPS) is 13.9. The van der Waals surface area contributed by atoms with Gasteiger partial charge in [-0.1, -0.05) is 32.0 Å². The van der Waals surface area contributed by atoms with E-state index in [1.807, 2.05) is 38.1 Å². The van der Waals surface area contributed by atoms with E-state index in [0.717, 1.165) is 12.0 Å². The van der Waals surface area contributed by atoms with Crippen LogP contribution in [-0.2, 0) is 9.53 Å². The molecule has 1 aliphatic rings. The molecule has 0 fully saturated rings. The molecule has 2 N–H and O–H groups in total. The number of esters is 1. The van der Waals surface area contributed by atoms with E-state index < -0.39 is 5.97 Å². The number of para-hydroxylation sites is 1. The van der Waals surface area contributed by atoms with E-state index >= 15 is 0 Å². The molecule has 0 saturated carbocycles. The highest BCUT2D eigenvalue weighted by atomic mass is 16.5. The van der Waals surface area contributed by atoms with E-state index in [2.05, 4.69) is 10.6 Å². The van der Waals surface area contributed by atoms with Gasteiger partial charge in [-0.3, -0.25) is 4.79 Å². The number of rotatable bonds is 7. The molecule has 0 aliphatic carbocycles. The summed E-state index contributed by atoms with van der Waals surface area (Å²) in [6, 6.07) is 12.4. The molecule has 0 aromatic heterocycles. The smallest absolute Gasteiger partial charge is 0.340 e. The zero-order chi connectivity index (χ0) is 21.5. The first kappa shape index (κ1) is 21.5. The number of benzene rings is 2. The van der Waals surface area contributed by atoms with E-state index in [1.54, 1.807) is 25.2 Å². The van der Waals surface area contributed by atoms with Crippen molar-refractivity contribution in [2.24, 2.45) is 5.92 Å². The summed E-state index contributed by atoms with van der Waals surface area (Å²) in [4.78, 5) is 24.8. The van der Waals surface area contributed by atoms with Gasteiger partial charge in [-0.05, 0) is 35.7 Å². The number of nitrogens with one attached hydrogen (secondary N) is 2. The Morgan fingerprint density at radius 1 is 1.07 bits per heavy atom. The van der Waals surface area contributed by atoms with Crippen molar-refractivity contribution in [3.05, 3.63) is 53.6 Å². The average Bonchev–Trinajstić information content (AvgIpc) is 3.00. The van der Waals surface area contributed by atoms with Gasteiger partial charge in [0.15, 0.2) is 18.1 Å². The molecule has 7 nitrogen and oxygen atoms in total. The van der Waals surface area contributed by atoms with Crippen molar-refractivity contribution in [2.75, 3.05) is 32.2 Å². The van der Waals surface area contributed by atoms with Crippen LogP contribution in [0.25, 0.3) is 0 Å². The molecule has 1 aliphatic heterocycles. The average molecular weight is 412 g/mol. The Kier molecular flexibility index (Phi) is 7.17. The third kappa shape index (κ3) is 5.23. The van der Waals surface area contributed by atoms with Gasteiger partial charge in [0, 0.05) is 19.2 Å². The first-order valence-corrected chi connectivity index (χ1v) is 10.1. The Labute approximate surface area is 176 Å². The summed E-state index contributed by atoms with van der Waals surface area (Å²) in [6.45, 7) is 4.90. The molecule has 30 heavy (non-hydrogen) atoms. The van der Waals surface area contributed by atoms with Crippen LogP contribution in [-0.4, -0.2) is 38.7 Å². The van der Waals surface area contributed by atoms with Crippen LogP contribution in [0.15, 0.2) is 42.5 Å². The second-order valence-corrected chi connectivity index (χ2v) is 7.42. The van der Waals surface area contributed by atoms with Crippen LogP contribution in [0.5, 0.6) is 11.5 Å². The molecule has 0 spiro atoms. The number of anilines is 1. The van der Waals surface area contributed by atoms with Crippen molar-refractivity contribution in [3.8, 4) is 11.5 Å². The predicted molar refractivity (Wildman–Crippen MR) is 114 cm³/mol. The predicted octanol–water partition coefficient (Wildman–Crippen LogP) is 3.56. The van der Waals surface area contributed by atoms with Crippen molar-refractivity contribution < 1.29 is 23.8 Å². The number of hydrogen-bond acceptors (Lipinski definition) is 6. The third-order valence-corrected chi connectivity index (χ3v) is 4.86. The van der Waals surface area contributed by atoms with E-state index in [4.69, 9.17) is 14.2 Å². The minimum absolute atomic E-state index is 0.124. The molecule has 1 amide bonds. The highest BCUT2D eigenvalue weighted by Gasteiger charge is 2.22. The Morgan fingerprint density at radius 2 is 1.80 bits per heavy atom. The SMILES string of the molecule is CNc1ccccc1C(=O)OCC(=O)N[C@H](c1ccc2c(c1)OCCCO2)C(C)C. The van der Waals surface area contributed by atoms with Gasteiger partial charge in [-0.15, -0.1) is 0 Å². The number of amides is 1. The van der Waals surface area contributed by atoms with Crippen molar-refractivity contribution in [2.45, 2.75) is 26.3 Å². The molecule has 7 heteroatoms. The van der Waals surface area contributed by atoms with Crippen LogP contribution in [0.2, 0.25) is 0 Å². The third-order valence-electron chi connectivity index (χ3n) is 4.86. The van der Waals surface area contributed by atoms with Gasteiger partial charge in [-0.25, -0.2) is 4.79 Å². The lowest BCUT2D eigenvalue weighted by Crippen LogP contribution is -2.35. The fourth-order valence-corrected chi connectivity index (χ4v) is 3.31. The van der Waals surface area contributed by atoms with Gasteiger partial charge in [0.25, 0.3) is 5.91 Å². The van der Waals surface area contributed by atoms with Crippen LogP contribution >= 0.6 is 0 Å². The topological polar surface area (TPSA) is 85.9 Å². The second kappa shape index (κ2) is 10.0. The molecule has 2 aromatic carbocycles. The van der Waals surface area contributed by atoms with Gasteiger partial charge in [-0.2, -0.15) is 0 Å². The van der Waals surface area contributed by atoms with Crippen molar-refractivity contribution in [3.63, 3.8) is 0 Å². The van der Waals surface area contributed by atoms with Crippen molar-refractivity contribution >= 4 is 17.6 Å². The first-order chi connectivity index (χ1) is 14.5. The quantitative estimate of drug-likeness (QED) is 0.677. The number of carbonyl (C=O) groups excluding carboxylic acids is 2. The fourth-order valence-electron chi connectivity index (χ4n) is 3.31. The Balaban J connectivity index is 1.64. The maximum absolute atomic E-state index is 12.5. The van der Waals surface area contributed by atoms with E-state index in [9.17, 15) is 9.59 Å². The lowest BCUT2D eigenvalue weighted by molar-refractivity contribution is -0.125. The van der Waals surface area contributed by atoms with Gasteiger partial charge in [0.05, 0.1) is 24.8 Å². The zero-order valence-electron chi connectivity index (χ0n) is 17.6. The number of fused-ring (bicyclic) bond motifs is 1. The summed E-state index contributed by atoms with van der Waals surface area (Å²) in [5.41, 5.74) is 1.95. The summed E-state index contributed by atoms with van der Waals surface area (Å²) in [5, 5.41) is 5.90. The van der Waals surface area contributed by atoms with Crippen LogP contribution in [0.4, 0.5) is 5.69 Å². The summed E-state index contributed by atoms with van der Waals surface area (Å²) >= 11 is 0. The fraction of sp³-hybridized carbons (Fsp3) is 0.391. The van der Waals surface area contributed by atoms with Crippen molar-refractivity contribution in [1.29, 1.82) is 0 Å². The Hall–Kier alpha value is -3.22. The maximum atomic E-state index is 12.5. The molecule has 160 valence electrons. The molecule has 1 heterocycles. The zero-order valence-corrected chi connectivity index (χ0v) is 17.6. The molecule has 1 atom stereocenters. The summed E-state index contributed by atoms with van der Waals surface area (Å²) in [7, 11) is 1.72. The monoisotopic (exact) mass is 412 g/mol. The van der Waals surface area contributed by atoms with Gasteiger partial charge >= 0.3 is 5.97 Å². The molecular weight excluding hydrogens is 384 g/mol. The number of ether oxygens (including phenoxy) is 3. The van der Waals surface area contributed by atoms with Gasteiger partial charge < -0.3 is 24.8 Å². The lowest BCUT2D eigenvalue weighted by Gasteiger charge is -2.24. The van der Waals surface area contributed by atoms with E-state index in [-0.39, 0.29) is 24.5 Å². The van der Waals surface area contributed by atoms with Crippen LogP contribution in [0, 0.1) is 5.92 Å². The van der Waals surface area contributed by atoms with E-state index in [0.29, 0.717) is 36.0 Å². The van der Waals surface area contributed by atoms with Gasteiger partial charge in [0.2, 0.25) is 0 Å². The highest BCUT2D eigenvalue weighted by molar-refractivity contribution is 5.96.